The molecule has 0 bridgehead atoms. The van der Waals surface area contributed by atoms with Crippen LogP contribution in [0.3, 0.4) is 0 Å². The first-order valence-corrected chi connectivity index (χ1v) is 7.59. The van der Waals surface area contributed by atoms with Gasteiger partial charge in [0, 0.05) is 12.6 Å². The summed E-state index contributed by atoms with van der Waals surface area (Å²) in [6.07, 6.45) is 3.89. The van der Waals surface area contributed by atoms with E-state index in [1.807, 2.05) is 6.92 Å². The molecule has 0 radical (unpaired) electrons. The molecule has 0 saturated heterocycles. The second-order valence-electron chi connectivity index (χ2n) is 5.19. The van der Waals surface area contributed by atoms with Gasteiger partial charge in [0.15, 0.2) is 0 Å². The molecule has 0 fully saturated rings. The molecule has 0 spiro atoms. The van der Waals surface area contributed by atoms with E-state index in [0.717, 1.165) is 32.3 Å². The Morgan fingerprint density at radius 1 is 1.00 bits per heavy atom. The minimum atomic E-state index is -0.182. The lowest BCUT2D eigenvalue weighted by atomic mass is 9.85. The van der Waals surface area contributed by atoms with Crippen molar-refractivity contribution in [3.8, 4) is 0 Å². The van der Waals surface area contributed by atoms with Gasteiger partial charge in [0.1, 0.15) is 0 Å². The van der Waals surface area contributed by atoms with Gasteiger partial charge in [-0.3, -0.25) is 0 Å². The third-order valence-corrected chi connectivity index (χ3v) is 4.19. The number of hydrogen-bond donors (Lipinski definition) is 1. The van der Waals surface area contributed by atoms with E-state index in [9.17, 15) is 0 Å². The van der Waals surface area contributed by atoms with Gasteiger partial charge in [-0.05, 0) is 43.7 Å². The smallest absolute Gasteiger partial charge is 0.0830 e. The lowest BCUT2D eigenvalue weighted by Crippen LogP contribution is -2.50. The summed E-state index contributed by atoms with van der Waals surface area (Å²) < 4.78 is 5.98. The quantitative estimate of drug-likeness (QED) is 0.776. The first kappa shape index (κ1) is 16.2. The molecule has 0 aromatic heterocycles. The van der Waals surface area contributed by atoms with E-state index in [-0.39, 0.29) is 11.6 Å². The van der Waals surface area contributed by atoms with E-state index in [4.69, 9.17) is 10.5 Å². The number of rotatable bonds is 8. The second kappa shape index (κ2) is 7.66. The standard InChI is InChI=1S/C17H29NO/c1-5-14-9-11-15(12-10-14)13-16(18)17(6-2,7-3)19-8-4/h9-12,16H,5-8,13,18H2,1-4H3. The van der Waals surface area contributed by atoms with Crippen LogP contribution in [-0.4, -0.2) is 18.2 Å². The molecule has 0 heterocycles. The van der Waals surface area contributed by atoms with Gasteiger partial charge in [-0.15, -0.1) is 0 Å². The van der Waals surface area contributed by atoms with Crippen LogP contribution >= 0.6 is 0 Å². The van der Waals surface area contributed by atoms with Crippen LogP contribution in [0.5, 0.6) is 0 Å². The van der Waals surface area contributed by atoms with Crippen LogP contribution in [0, 0.1) is 0 Å². The number of aryl methyl sites for hydroxylation is 1. The Hall–Kier alpha value is -0.860. The van der Waals surface area contributed by atoms with E-state index < -0.39 is 0 Å². The Morgan fingerprint density at radius 2 is 1.53 bits per heavy atom. The average molecular weight is 263 g/mol. The maximum absolute atomic E-state index is 6.44. The minimum Gasteiger partial charge on any atom is -0.374 e. The van der Waals surface area contributed by atoms with Crippen LogP contribution < -0.4 is 5.73 Å². The highest BCUT2D eigenvalue weighted by molar-refractivity contribution is 5.23. The molecule has 1 rings (SSSR count). The maximum atomic E-state index is 6.44. The molecule has 0 amide bonds. The summed E-state index contributed by atoms with van der Waals surface area (Å²) in [7, 11) is 0. The van der Waals surface area contributed by atoms with Crippen molar-refractivity contribution in [2.24, 2.45) is 5.73 Å². The Morgan fingerprint density at radius 3 is 1.95 bits per heavy atom. The summed E-state index contributed by atoms with van der Waals surface area (Å²) in [6, 6.07) is 8.83. The normalized spacial score (nSPS) is 13.5. The number of benzene rings is 1. The number of nitrogens with two attached hydrogens (primary N) is 1. The predicted molar refractivity (Wildman–Crippen MR) is 82.4 cm³/mol. The van der Waals surface area contributed by atoms with Crippen molar-refractivity contribution in [2.75, 3.05) is 6.61 Å². The zero-order valence-electron chi connectivity index (χ0n) is 12.9. The van der Waals surface area contributed by atoms with E-state index in [2.05, 4.69) is 45.0 Å². The third-order valence-electron chi connectivity index (χ3n) is 4.19. The molecule has 0 aliphatic rings. The largest absolute Gasteiger partial charge is 0.374 e. The van der Waals surface area contributed by atoms with Gasteiger partial charge in [-0.1, -0.05) is 45.0 Å². The van der Waals surface area contributed by atoms with Crippen LogP contribution in [0.4, 0.5) is 0 Å². The molecule has 2 heteroatoms. The zero-order valence-corrected chi connectivity index (χ0v) is 12.9. The predicted octanol–water partition coefficient (Wildman–Crippen LogP) is 3.71. The summed E-state index contributed by atoms with van der Waals surface area (Å²) in [5.41, 5.74) is 8.93. The SMILES string of the molecule is CCOC(CC)(CC)C(N)Cc1ccc(CC)cc1. The summed E-state index contributed by atoms with van der Waals surface area (Å²) in [5, 5.41) is 0. The summed E-state index contributed by atoms with van der Waals surface area (Å²) in [4.78, 5) is 0. The number of hydrogen-bond acceptors (Lipinski definition) is 2. The van der Waals surface area contributed by atoms with Gasteiger partial charge < -0.3 is 10.5 Å². The molecule has 1 aromatic rings. The van der Waals surface area contributed by atoms with Gasteiger partial charge in [0.2, 0.25) is 0 Å². The fourth-order valence-corrected chi connectivity index (χ4v) is 2.72. The van der Waals surface area contributed by atoms with Gasteiger partial charge in [-0.25, -0.2) is 0 Å². The van der Waals surface area contributed by atoms with Crippen molar-refractivity contribution >= 4 is 0 Å². The first-order chi connectivity index (χ1) is 9.11. The van der Waals surface area contributed by atoms with Gasteiger partial charge >= 0.3 is 0 Å². The molecule has 0 saturated carbocycles. The average Bonchev–Trinajstić information content (AvgIpc) is 2.45. The first-order valence-electron chi connectivity index (χ1n) is 7.59. The Kier molecular flexibility index (Phi) is 6.53. The van der Waals surface area contributed by atoms with E-state index in [0.29, 0.717) is 0 Å². The van der Waals surface area contributed by atoms with E-state index in [1.165, 1.54) is 11.1 Å². The molecule has 108 valence electrons. The monoisotopic (exact) mass is 263 g/mol. The van der Waals surface area contributed by atoms with Crippen LogP contribution in [-0.2, 0) is 17.6 Å². The van der Waals surface area contributed by atoms with Crippen molar-refractivity contribution in [1.82, 2.24) is 0 Å². The van der Waals surface area contributed by atoms with Gasteiger partial charge in [0.05, 0.1) is 5.60 Å². The van der Waals surface area contributed by atoms with Crippen LogP contribution in [0.2, 0.25) is 0 Å². The lowest BCUT2D eigenvalue weighted by Gasteiger charge is -2.37. The van der Waals surface area contributed by atoms with Gasteiger partial charge in [0.25, 0.3) is 0 Å². The molecular weight excluding hydrogens is 234 g/mol. The zero-order chi connectivity index (χ0) is 14.3. The van der Waals surface area contributed by atoms with Crippen LogP contribution in [0.25, 0.3) is 0 Å². The fraction of sp³-hybridized carbons (Fsp3) is 0.647. The highest BCUT2D eigenvalue weighted by atomic mass is 16.5. The topological polar surface area (TPSA) is 35.2 Å². The molecule has 1 unspecified atom stereocenters. The number of ether oxygens (including phenoxy) is 1. The molecule has 1 atom stereocenters. The van der Waals surface area contributed by atoms with Crippen molar-refractivity contribution in [1.29, 1.82) is 0 Å². The highest BCUT2D eigenvalue weighted by Gasteiger charge is 2.33. The summed E-state index contributed by atoms with van der Waals surface area (Å²) in [6.45, 7) is 9.28. The van der Waals surface area contributed by atoms with Crippen LogP contribution in [0.1, 0.15) is 51.7 Å². The summed E-state index contributed by atoms with van der Waals surface area (Å²) in [5.74, 6) is 0. The van der Waals surface area contributed by atoms with Crippen LogP contribution in [0.15, 0.2) is 24.3 Å². The Labute approximate surface area is 118 Å². The van der Waals surface area contributed by atoms with E-state index >= 15 is 0 Å². The molecule has 0 aliphatic heterocycles. The lowest BCUT2D eigenvalue weighted by molar-refractivity contribution is -0.0633. The summed E-state index contributed by atoms with van der Waals surface area (Å²) >= 11 is 0. The Balaban J connectivity index is 2.77. The molecule has 1 aromatic carbocycles. The van der Waals surface area contributed by atoms with E-state index in [1.54, 1.807) is 0 Å². The molecule has 2 nitrogen and oxygen atoms in total. The second-order valence-corrected chi connectivity index (χ2v) is 5.19. The third kappa shape index (κ3) is 4.05. The molecule has 19 heavy (non-hydrogen) atoms. The van der Waals surface area contributed by atoms with Crippen molar-refractivity contribution in [2.45, 2.75) is 65.0 Å². The van der Waals surface area contributed by atoms with Crippen molar-refractivity contribution in [3.63, 3.8) is 0 Å². The molecule has 2 N–H and O–H groups in total. The molecular formula is C17H29NO. The van der Waals surface area contributed by atoms with Crippen molar-refractivity contribution < 1.29 is 4.74 Å². The fourth-order valence-electron chi connectivity index (χ4n) is 2.72. The Bertz CT molecular complexity index is 354. The van der Waals surface area contributed by atoms with Gasteiger partial charge in [-0.2, -0.15) is 0 Å². The van der Waals surface area contributed by atoms with Crippen molar-refractivity contribution in [3.05, 3.63) is 35.4 Å². The molecule has 0 aliphatic carbocycles. The maximum Gasteiger partial charge on any atom is 0.0830 e. The highest BCUT2D eigenvalue weighted by Crippen LogP contribution is 2.26. The minimum absolute atomic E-state index is 0.0509.